The highest BCUT2D eigenvalue weighted by atomic mass is 32.2. The molecule has 0 saturated carbocycles. The first-order valence-electron chi connectivity index (χ1n) is 5.60. The first-order chi connectivity index (χ1) is 8.61. The quantitative estimate of drug-likeness (QED) is 0.670. The lowest BCUT2D eigenvalue weighted by atomic mass is 10.1. The Morgan fingerprint density at radius 1 is 1.47 bits per heavy atom. The first-order valence-corrected chi connectivity index (χ1v) is 7.49. The number of carboxylic acid groups (broad SMARTS) is 1. The Labute approximate surface area is 112 Å². The van der Waals surface area contributed by atoms with Crippen LogP contribution in [0, 0.1) is 0 Å². The van der Waals surface area contributed by atoms with Gasteiger partial charge in [0.2, 0.25) is 10.0 Å². The van der Waals surface area contributed by atoms with E-state index >= 15 is 0 Å². The number of carboxylic acids is 1. The molecule has 0 aliphatic rings. The lowest BCUT2D eigenvalue weighted by Crippen LogP contribution is -2.49. The van der Waals surface area contributed by atoms with Crippen molar-refractivity contribution in [3.05, 3.63) is 23.7 Å². The summed E-state index contributed by atoms with van der Waals surface area (Å²) in [5.41, 5.74) is -0.579. The molecule has 3 N–H and O–H groups in total. The minimum atomic E-state index is -3.30. The van der Waals surface area contributed by atoms with Crippen LogP contribution >= 0.6 is 0 Å². The summed E-state index contributed by atoms with van der Waals surface area (Å²) in [4.78, 5) is 10.9. The van der Waals surface area contributed by atoms with Gasteiger partial charge in [-0.05, 0) is 19.9 Å². The molecule has 8 heteroatoms. The largest absolute Gasteiger partial charge is 0.478 e. The maximum atomic E-state index is 11.1. The SMILES string of the molecule is CC(C)(CNCc1occc1C(=O)O)NS(C)(=O)=O. The third kappa shape index (κ3) is 5.41. The summed E-state index contributed by atoms with van der Waals surface area (Å²) < 4.78 is 29.8. The fourth-order valence-electron chi connectivity index (χ4n) is 1.69. The molecule has 0 fully saturated rings. The number of nitrogens with one attached hydrogen (secondary N) is 2. The zero-order valence-corrected chi connectivity index (χ0v) is 11.9. The average Bonchev–Trinajstić information content (AvgIpc) is 2.61. The second-order valence-corrected chi connectivity index (χ2v) is 6.67. The molecule has 1 aromatic heterocycles. The molecule has 0 aliphatic heterocycles. The molecule has 0 radical (unpaired) electrons. The number of hydrogen-bond acceptors (Lipinski definition) is 5. The molecule has 0 unspecified atom stereocenters. The Hall–Kier alpha value is -1.38. The van der Waals surface area contributed by atoms with E-state index in [1.54, 1.807) is 13.8 Å². The molecule has 0 aliphatic carbocycles. The Kier molecular flexibility index (Phi) is 4.72. The van der Waals surface area contributed by atoms with Gasteiger partial charge in [-0.2, -0.15) is 0 Å². The maximum Gasteiger partial charge on any atom is 0.339 e. The molecule has 1 heterocycles. The van der Waals surface area contributed by atoms with Crippen LogP contribution in [-0.4, -0.2) is 37.8 Å². The normalized spacial score (nSPS) is 12.6. The minimum absolute atomic E-state index is 0.0985. The molecule has 1 aromatic rings. The predicted octanol–water partition coefficient (Wildman–Crippen LogP) is 0.395. The van der Waals surface area contributed by atoms with Crippen LogP contribution in [-0.2, 0) is 16.6 Å². The first kappa shape index (κ1) is 15.7. The van der Waals surface area contributed by atoms with Crippen LogP contribution in [0.25, 0.3) is 0 Å². The van der Waals surface area contributed by atoms with E-state index in [0.29, 0.717) is 12.3 Å². The summed E-state index contributed by atoms with van der Waals surface area (Å²) in [6.07, 6.45) is 2.39. The molecule has 7 nitrogen and oxygen atoms in total. The van der Waals surface area contributed by atoms with Crippen molar-refractivity contribution < 1.29 is 22.7 Å². The highest BCUT2D eigenvalue weighted by Crippen LogP contribution is 2.10. The third-order valence-electron chi connectivity index (χ3n) is 2.29. The number of rotatable bonds is 7. The van der Waals surface area contributed by atoms with Crippen LogP contribution in [0.3, 0.4) is 0 Å². The lowest BCUT2D eigenvalue weighted by molar-refractivity contribution is 0.0694. The third-order valence-corrected chi connectivity index (χ3v) is 3.21. The van der Waals surface area contributed by atoms with Gasteiger partial charge in [0.05, 0.1) is 19.1 Å². The molecule has 0 bridgehead atoms. The fourth-order valence-corrected chi connectivity index (χ4v) is 2.77. The van der Waals surface area contributed by atoms with Crippen molar-refractivity contribution in [2.45, 2.75) is 25.9 Å². The second-order valence-electron chi connectivity index (χ2n) is 4.92. The van der Waals surface area contributed by atoms with Crippen LogP contribution in [0.1, 0.15) is 30.0 Å². The Bertz CT molecular complexity index is 547. The molecule has 0 aromatic carbocycles. The van der Waals surface area contributed by atoms with Crippen LogP contribution < -0.4 is 10.0 Å². The fraction of sp³-hybridized carbons (Fsp3) is 0.545. The van der Waals surface area contributed by atoms with Crippen molar-refractivity contribution in [1.29, 1.82) is 0 Å². The van der Waals surface area contributed by atoms with E-state index in [9.17, 15) is 13.2 Å². The van der Waals surface area contributed by atoms with Gasteiger partial charge in [0.1, 0.15) is 11.3 Å². The Balaban J connectivity index is 2.54. The van der Waals surface area contributed by atoms with Crippen molar-refractivity contribution in [3.63, 3.8) is 0 Å². The van der Waals surface area contributed by atoms with Crippen molar-refractivity contribution in [2.75, 3.05) is 12.8 Å². The lowest BCUT2D eigenvalue weighted by Gasteiger charge is -2.25. The molecule has 19 heavy (non-hydrogen) atoms. The van der Waals surface area contributed by atoms with Crippen LogP contribution in [0.4, 0.5) is 0 Å². The monoisotopic (exact) mass is 290 g/mol. The number of hydrogen-bond donors (Lipinski definition) is 3. The van der Waals surface area contributed by atoms with Crippen LogP contribution in [0.5, 0.6) is 0 Å². The zero-order valence-electron chi connectivity index (χ0n) is 11.1. The van der Waals surface area contributed by atoms with Gasteiger partial charge >= 0.3 is 5.97 Å². The topological polar surface area (TPSA) is 109 Å². The van der Waals surface area contributed by atoms with E-state index in [-0.39, 0.29) is 12.1 Å². The summed E-state index contributed by atoms with van der Waals surface area (Å²) >= 11 is 0. The molecule has 108 valence electrons. The van der Waals surface area contributed by atoms with Gasteiger partial charge in [0, 0.05) is 12.1 Å². The predicted molar refractivity (Wildman–Crippen MR) is 69.4 cm³/mol. The number of carbonyl (C=O) groups is 1. The maximum absolute atomic E-state index is 11.1. The molecular formula is C11H18N2O5S. The average molecular weight is 290 g/mol. The van der Waals surface area contributed by atoms with E-state index in [1.165, 1.54) is 12.3 Å². The van der Waals surface area contributed by atoms with Gasteiger partial charge in [-0.15, -0.1) is 0 Å². The molecular weight excluding hydrogens is 272 g/mol. The van der Waals surface area contributed by atoms with Crippen molar-refractivity contribution in [3.8, 4) is 0 Å². The van der Waals surface area contributed by atoms with Gasteiger partial charge in [0.25, 0.3) is 0 Å². The van der Waals surface area contributed by atoms with Crippen LogP contribution in [0.2, 0.25) is 0 Å². The summed E-state index contributed by atoms with van der Waals surface area (Å²) in [6, 6.07) is 1.37. The van der Waals surface area contributed by atoms with Gasteiger partial charge in [-0.3, -0.25) is 0 Å². The summed E-state index contributed by atoms with van der Waals surface area (Å²) in [7, 11) is -3.30. The van der Waals surface area contributed by atoms with Gasteiger partial charge in [-0.25, -0.2) is 17.9 Å². The van der Waals surface area contributed by atoms with E-state index < -0.39 is 21.5 Å². The van der Waals surface area contributed by atoms with Gasteiger partial charge in [0.15, 0.2) is 0 Å². The zero-order chi connectivity index (χ0) is 14.7. The second kappa shape index (κ2) is 5.72. The van der Waals surface area contributed by atoms with E-state index in [2.05, 4.69) is 10.0 Å². The minimum Gasteiger partial charge on any atom is -0.478 e. The standard InChI is InChI=1S/C11H18N2O5S/c1-11(2,13-19(3,16)17)7-12-6-9-8(10(14)15)4-5-18-9/h4-5,12-13H,6-7H2,1-3H3,(H,14,15). The van der Waals surface area contributed by atoms with Crippen LogP contribution in [0.15, 0.2) is 16.7 Å². The van der Waals surface area contributed by atoms with Crippen molar-refractivity contribution in [2.24, 2.45) is 0 Å². The van der Waals surface area contributed by atoms with Gasteiger partial charge in [-0.1, -0.05) is 0 Å². The molecule has 1 rings (SSSR count). The van der Waals surface area contributed by atoms with Gasteiger partial charge < -0.3 is 14.8 Å². The Morgan fingerprint density at radius 2 is 2.11 bits per heavy atom. The molecule has 0 spiro atoms. The molecule has 0 saturated heterocycles. The number of furan rings is 1. The summed E-state index contributed by atoms with van der Waals surface area (Å²) in [5.74, 6) is -0.748. The van der Waals surface area contributed by atoms with E-state index in [4.69, 9.17) is 9.52 Å². The number of aromatic carboxylic acids is 1. The smallest absolute Gasteiger partial charge is 0.339 e. The molecule has 0 amide bonds. The summed E-state index contributed by atoms with van der Waals surface area (Å²) in [6.45, 7) is 3.99. The molecule has 0 atom stereocenters. The van der Waals surface area contributed by atoms with E-state index in [0.717, 1.165) is 6.26 Å². The Morgan fingerprint density at radius 3 is 2.63 bits per heavy atom. The number of sulfonamides is 1. The van der Waals surface area contributed by atoms with E-state index in [1.807, 2.05) is 0 Å². The highest BCUT2D eigenvalue weighted by molar-refractivity contribution is 7.88. The highest BCUT2D eigenvalue weighted by Gasteiger charge is 2.22. The summed E-state index contributed by atoms with van der Waals surface area (Å²) in [5, 5.41) is 11.8. The van der Waals surface area contributed by atoms with Crippen molar-refractivity contribution >= 4 is 16.0 Å². The van der Waals surface area contributed by atoms with Crippen molar-refractivity contribution in [1.82, 2.24) is 10.0 Å².